The zero-order chi connectivity index (χ0) is 14.2. The van der Waals surface area contributed by atoms with Gasteiger partial charge in [-0.25, -0.2) is 0 Å². The van der Waals surface area contributed by atoms with Crippen LogP contribution in [0.5, 0.6) is 0 Å². The highest BCUT2D eigenvalue weighted by Crippen LogP contribution is 2.34. The quantitative estimate of drug-likeness (QED) is 0.898. The van der Waals surface area contributed by atoms with Crippen molar-refractivity contribution in [1.29, 1.82) is 0 Å². The summed E-state index contributed by atoms with van der Waals surface area (Å²) in [5.41, 5.74) is 8.13. The standard InChI is InChI=1S/C16H23N3O/c1-13-3-2-4-14(11-13)12-18-7-9-19(10-8-18)15(20)16(17)5-6-16/h2-4,11H,5-10,12,17H2,1H3. The average Bonchev–Trinajstić information content (AvgIpc) is 3.18. The lowest BCUT2D eigenvalue weighted by Gasteiger charge is -2.36. The molecule has 1 heterocycles. The number of nitrogens with zero attached hydrogens (tertiary/aromatic N) is 2. The van der Waals surface area contributed by atoms with Crippen LogP contribution in [-0.4, -0.2) is 47.4 Å². The van der Waals surface area contributed by atoms with Crippen LogP contribution < -0.4 is 5.73 Å². The van der Waals surface area contributed by atoms with Crippen molar-refractivity contribution in [3.63, 3.8) is 0 Å². The maximum atomic E-state index is 12.2. The van der Waals surface area contributed by atoms with Crippen molar-refractivity contribution in [3.8, 4) is 0 Å². The molecule has 1 saturated carbocycles. The predicted molar refractivity (Wildman–Crippen MR) is 79.2 cm³/mol. The normalized spacial score (nSPS) is 21.8. The van der Waals surface area contributed by atoms with E-state index < -0.39 is 5.54 Å². The second-order valence-corrected chi connectivity index (χ2v) is 6.21. The highest BCUT2D eigenvalue weighted by molar-refractivity contribution is 5.89. The summed E-state index contributed by atoms with van der Waals surface area (Å²) in [5.74, 6) is 0.160. The molecule has 1 amide bonds. The molecule has 4 nitrogen and oxygen atoms in total. The molecule has 1 aromatic carbocycles. The van der Waals surface area contributed by atoms with Crippen molar-refractivity contribution in [2.24, 2.45) is 5.73 Å². The summed E-state index contributed by atoms with van der Waals surface area (Å²) in [6, 6.07) is 8.63. The number of aryl methyl sites for hydroxylation is 1. The molecule has 4 heteroatoms. The molecule has 2 fully saturated rings. The topological polar surface area (TPSA) is 49.6 Å². The largest absolute Gasteiger partial charge is 0.339 e. The zero-order valence-electron chi connectivity index (χ0n) is 12.1. The molecule has 0 aromatic heterocycles. The Morgan fingerprint density at radius 2 is 1.95 bits per heavy atom. The van der Waals surface area contributed by atoms with E-state index in [0.29, 0.717) is 0 Å². The molecule has 2 N–H and O–H groups in total. The van der Waals surface area contributed by atoms with Gasteiger partial charge in [0.05, 0.1) is 5.54 Å². The van der Waals surface area contributed by atoms with Crippen LogP contribution in [0.1, 0.15) is 24.0 Å². The van der Waals surface area contributed by atoms with E-state index in [0.717, 1.165) is 45.6 Å². The van der Waals surface area contributed by atoms with E-state index in [1.54, 1.807) is 0 Å². The highest BCUT2D eigenvalue weighted by Gasteiger charge is 2.48. The Kier molecular flexibility index (Phi) is 3.52. The molecule has 1 aliphatic heterocycles. The van der Waals surface area contributed by atoms with Crippen LogP contribution in [0.25, 0.3) is 0 Å². The molecule has 3 rings (SSSR count). The van der Waals surface area contributed by atoms with Gasteiger partial charge in [0.2, 0.25) is 5.91 Å². The van der Waals surface area contributed by atoms with Crippen molar-refractivity contribution < 1.29 is 4.79 Å². The van der Waals surface area contributed by atoms with Crippen molar-refractivity contribution in [2.75, 3.05) is 26.2 Å². The fourth-order valence-electron chi connectivity index (χ4n) is 2.84. The Bertz CT molecular complexity index is 502. The number of amides is 1. The third-order valence-electron chi connectivity index (χ3n) is 4.36. The zero-order valence-corrected chi connectivity index (χ0v) is 12.1. The monoisotopic (exact) mass is 273 g/mol. The Morgan fingerprint density at radius 1 is 1.25 bits per heavy atom. The fourth-order valence-corrected chi connectivity index (χ4v) is 2.84. The second kappa shape index (κ2) is 5.19. The van der Waals surface area contributed by atoms with Gasteiger partial charge in [0, 0.05) is 32.7 Å². The van der Waals surface area contributed by atoms with E-state index in [1.165, 1.54) is 11.1 Å². The fraction of sp³-hybridized carbons (Fsp3) is 0.562. The summed E-state index contributed by atoms with van der Waals surface area (Å²) >= 11 is 0. The smallest absolute Gasteiger partial charge is 0.242 e. The molecule has 1 aliphatic carbocycles. The minimum absolute atomic E-state index is 0.160. The molecule has 0 bridgehead atoms. The summed E-state index contributed by atoms with van der Waals surface area (Å²) < 4.78 is 0. The Labute approximate surface area is 120 Å². The summed E-state index contributed by atoms with van der Waals surface area (Å²) in [5, 5.41) is 0. The van der Waals surface area contributed by atoms with Crippen LogP contribution in [0, 0.1) is 6.92 Å². The van der Waals surface area contributed by atoms with E-state index in [-0.39, 0.29) is 5.91 Å². The van der Waals surface area contributed by atoms with Gasteiger partial charge in [0.25, 0.3) is 0 Å². The van der Waals surface area contributed by atoms with Crippen molar-refractivity contribution in [2.45, 2.75) is 31.8 Å². The first-order valence-electron chi connectivity index (χ1n) is 7.43. The number of carbonyl (C=O) groups excluding carboxylic acids is 1. The number of nitrogens with two attached hydrogens (primary N) is 1. The van der Waals surface area contributed by atoms with Gasteiger partial charge in [-0.2, -0.15) is 0 Å². The van der Waals surface area contributed by atoms with Crippen LogP contribution in [0.4, 0.5) is 0 Å². The van der Waals surface area contributed by atoms with Gasteiger partial charge in [-0.1, -0.05) is 29.8 Å². The molecular weight excluding hydrogens is 250 g/mol. The lowest BCUT2D eigenvalue weighted by molar-refractivity contribution is -0.135. The third kappa shape index (κ3) is 2.86. The van der Waals surface area contributed by atoms with E-state index in [9.17, 15) is 4.79 Å². The van der Waals surface area contributed by atoms with E-state index in [4.69, 9.17) is 5.73 Å². The molecule has 1 saturated heterocycles. The van der Waals surface area contributed by atoms with E-state index in [1.807, 2.05) is 4.90 Å². The third-order valence-corrected chi connectivity index (χ3v) is 4.36. The van der Waals surface area contributed by atoms with Gasteiger partial charge >= 0.3 is 0 Å². The van der Waals surface area contributed by atoms with Crippen molar-refractivity contribution in [3.05, 3.63) is 35.4 Å². The molecule has 1 aromatic rings. The summed E-state index contributed by atoms with van der Waals surface area (Å²) in [4.78, 5) is 16.5. The number of benzene rings is 1. The number of carbonyl (C=O) groups is 1. The second-order valence-electron chi connectivity index (χ2n) is 6.21. The molecule has 0 spiro atoms. The Morgan fingerprint density at radius 3 is 2.55 bits per heavy atom. The van der Waals surface area contributed by atoms with Gasteiger partial charge in [0.1, 0.15) is 0 Å². The Hall–Kier alpha value is -1.39. The number of hydrogen-bond acceptors (Lipinski definition) is 3. The van der Waals surface area contributed by atoms with E-state index >= 15 is 0 Å². The van der Waals surface area contributed by atoms with Crippen LogP contribution in [-0.2, 0) is 11.3 Å². The molecule has 0 unspecified atom stereocenters. The summed E-state index contributed by atoms with van der Waals surface area (Å²) in [6.07, 6.45) is 1.71. The maximum Gasteiger partial charge on any atom is 0.242 e. The molecule has 2 aliphatic rings. The molecule has 0 atom stereocenters. The lowest BCUT2D eigenvalue weighted by atomic mass is 10.1. The van der Waals surface area contributed by atoms with Gasteiger partial charge in [-0.3, -0.25) is 9.69 Å². The van der Waals surface area contributed by atoms with E-state index in [2.05, 4.69) is 36.1 Å². The average molecular weight is 273 g/mol. The van der Waals surface area contributed by atoms with Crippen LogP contribution in [0.15, 0.2) is 24.3 Å². The first-order valence-corrected chi connectivity index (χ1v) is 7.43. The number of rotatable bonds is 3. The SMILES string of the molecule is Cc1cccc(CN2CCN(C(=O)C3(N)CC3)CC2)c1. The molecule has 20 heavy (non-hydrogen) atoms. The van der Waals surface area contributed by atoms with Gasteiger partial charge < -0.3 is 10.6 Å². The highest BCUT2D eigenvalue weighted by atomic mass is 16.2. The maximum absolute atomic E-state index is 12.2. The van der Waals surface area contributed by atoms with Crippen molar-refractivity contribution >= 4 is 5.91 Å². The first-order chi connectivity index (χ1) is 9.57. The molecular formula is C16H23N3O. The number of piperazine rings is 1. The number of hydrogen-bond donors (Lipinski definition) is 1. The van der Waals surface area contributed by atoms with Crippen LogP contribution in [0.2, 0.25) is 0 Å². The van der Waals surface area contributed by atoms with Crippen LogP contribution in [0.3, 0.4) is 0 Å². The van der Waals surface area contributed by atoms with Crippen molar-refractivity contribution in [1.82, 2.24) is 9.80 Å². The molecule has 108 valence electrons. The van der Waals surface area contributed by atoms with Gasteiger partial charge in [0.15, 0.2) is 0 Å². The lowest BCUT2D eigenvalue weighted by Crippen LogP contribution is -2.53. The first kappa shape index (κ1) is 13.6. The predicted octanol–water partition coefficient (Wildman–Crippen LogP) is 1.13. The Balaban J connectivity index is 1.52. The minimum atomic E-state index is -0.515. The molecule has 0 radical (unpaired) electrons. The van der Waals surface area contributed by atoms with Gasteiger partial charge in [-0.05, 0) is 25.3 Å². The van der Waals surface area contributed by atoms with Crippen LogP contribution >= 0.6 is 0 Å². The minimum Gasteiger partial charge on any atom is -0.339 e. The van der Waals surface area contributed by atoms with Gasteiger partial charge in [-0.15, -0.1) is 0 Å². The summed E-state index contributed by atoms with van der Waals surface area (Å²) in [6.45, 7) is 6.59. The summed E-state index contributed by atoms with van der Waals surface area (Å²) in [7, 11) is 0.